The van der Waals surface area contributed by atoms with Crippen LogP contribution in [0, 0.1) is 5.92 Å². The van der Waals surface area contributed by atoms with E-state index in [4.69, 9.17) is 0 Å². The molecule has 1 N–H and O–H groups in total. The summed E-state index contributed by atoms with van der Waals surface area (Å²) in [4.78, 5) is 5.51. The second-order valence-electron chi connectivity index (χ2n) is 4.97. The third kappa shape index (κ3) is 3.59. The lowest BCUT2D eigenvalue weighted by Crippen LogP contribution is -2.37. The number of nitrogens with zero attached hydrogens (tertiary/aromatic N) is 2. The van der Waals surface area contributed by atoms with E-state index in [2.05, 4.69) is 10.3 Å². The van der Waals surface area contributed by atoms with E-state index < -0.39 is 11.7 Å². The van der Waals surface area contributed by atoms with Crippen LogP contribution in [0.4, 0.5) is 19.0 Å². The monoisotopic (exact) mass is 273 g/mol. The van der Waals surface area contributed by atoms with Gasteiger partial charge in [-0.1, -0.05) is 0 Å². The molecule has 1 aromatic rings. The Bertz CT molecular complexity index is 414. The van der Waals surface area contributed by atoms with Gasteiger partial charge in [0.15, 0.2) is 0 Å². The van der Waals surface area contributed by atoms with Crippen LogP contribution in [0.2, 0.25) is 0 Å². The van der Waals surface area contributed by atoms with Crippen LogP contribution in [0.25, 0.3) is 0 Å². The topological polar surface area (TPSA) is 28.2 Å². The summed E-state index contributed by atoms with van der Waals surface area (Å²) >= 11 is 0. The quantitative estimate of drug-likeness (QED) is 0.917. The van der Waals surface area contributed by atoms with Gasteiger partial charge in [-0.05, 0) is 44.0 Å². The van der Waals surface area contributed by atoms with Crippen molar-refractivity contribution in [1.82, 2.24) is 10.3 Å². The van der Waals surface area contributed by atoms with Gasteiger partial charge in [-0.3, -0.25) is 0 Å². The van der Waals surface area contributed by atoms with Crippen LogP contribution in [-0.2, 0) is 6.18 Å². The lowest BCUT2D eigenvalue weighted by molar-refractivity contribution is -0.137. The highest BCUT2D eigenvalue weighted by atomic mass is 19.4. The van der Waals surface area contributed by atoms with Crippen molar-refractivity contribution >= 4 is 5.82 Å². The Morgan fingerprint density at radius 1 is 1.47 bits per heavy atom. The summed E-state index contributed by atoms with van der Waals surface area (Å²) < 4.78 is 38.7. The Kier molecular flexibility index (Phi) is 4.29. The predicted octanol–water partition coefficient (Wildman–Crippen LogP) is 2.54. The molecule has 2 heterocycles. The third-order valence-corrected chi connectivity index (χ3v) is 3.38. The van der Waals surface area contributed by atoms with Gasteiger partial charge in [-0.2, -0.15) is 13.2 Å². The fraction of sp³-hybridized carbons (Fsp3) is 0.615. The van der Waals surface area contributed by atoms with E-state index in [1.807, 2.05) is 0 Å². The fourth-order valence-corrected chi connectivity index (χ4v) is 2.48. The molecule has 1 aromatic heterocycles. The normalized spacial score (nSPS) is 20.3. The van der Waals surface area contributed by atoms with Gasteiger partial charge in [0.25, 0.3) is 0 Å². The molecule has 1 aliphatic heterocycles. The van der Waals surface area contributed by atoms with Crippen LogP contribution < -0.4 is 10.2 Å². The van der Waals surface area contributed by atoms with Crippen LogP contribution >= 0.6 is 0 Å². The molecule has 19 heavy (non-hydrogen) atoms. The summed E-state index contributed by atoms with van der Waals surface area (Å²) in [5.74, 6) is 0.391. The van der Waals surface area contributed by atoms with Crippen molar-refractivity contribution in [3.05, 3.63) is 23.9 Å². The van der Waals surface area contributed by atoms with Gasteiger partial charge in [0, 0.05) is 19.8 Å². The maximum absolute atomic E-state index is 12.9. The molecule has 6 heteroatoms. The molecule has 0 bridgehead atoms. The minimum Gasteiger partial charge on any atom is -0.359 e. The van der Waals surface area contributed by atoms with E-state index in [0.29, 0.717) is 12.5 Å². The predicted molar refractivity (Wildman–Crippen MR) is 68.1 cm³/mol. The average Bonchev–Trinajstić information content (AvgIpc) is 2.39. The summed E-state index contributed by atoms with van der Waals surface area (Å²) in [5, 5.41) is 3.27. The molecule has 2 rings (SSSR count). The van der Waals surface area contributed by atoms with Crippen LogP contribution in [-0.4, -0.2) is 31.7 Å². The van der Waals surface area contributed by atoms with Crippen molar-refractivity contribution in [2.45, 2.75) is 19.0 Å². The maximum Gasteiger partial charge on any atom is 0.419 e. The number of aromatic nitrogens is 1. The van der Waals surface area contributed by atoms with Crippen LogP contribution in [0.3, 0.4) is 0 Å². The van der Waals surface area contributed by atoms with E-state index in [1.165, 1.54) is 12.3 Å². The molecule has 0 spiro atoms. The van der Waals surface area contributed by atoms with Crippen molar-refractivity contribution in [2.24, 2.45) is 5.92 Å². The molecule has 1 atom stereocenters. The lowest BCUT2D eigenvalue weighted by atomic mass is 9.99. The van der Waals surface area contributed by atoms with Crippen molar-refractivity contribution in [1.29, 1.82) is 0 Å². The molecule has 0 aromatic carbocycles. The molecule has 1 fully saturated rings. The Labute approximate surface area is 110 Å². The summed E-state index contributed by atoms with van der Waals surface area (Å²) in [6.45, 7) is 2.45. The van der Waals surface area contributed by atoms with Gasteiger partial charge < -0.3 is 10.2 Å². The van der Waals surface area contributed by atoms with Gasteiger partial charge in [-0.15, -0.1) is 0 Å². The number of nitrogens with one attached hydrogen (secondary N) is 1. The zero-order valence-corrected chi connectivity index (χ0v) is 10.9. The number of hydrogen-bond acceptors (Lipinski definition) is 3. The summed E-state index contributed by atoms with van der Waals surface area (Å²) in [5.41, 5.74) is -0.665. The van der Waals surface area contributed by atoms with Gasteiger partial charge in [0.1, 0.15) is 5.82 Å². The smallest absolute Gasteiger partial charge is 0.359 e. The fourth-order valence-electron chi connectivity index (χ4n) is 2.48. The van der Waals surface area contributed by atoms with Crippen molar-refractivity contribution in [3.63, 3.8) is 0 Å². The van der Waals surface area contributed by atoms with E-state index in [-0.39, 0.29) is 5.82 Å². The molecular formula is C13H18F3N3. The molecule has 1 aliphatic rings. The number of piperidine rings is 1. The van der Waals surface area contributed by atoms with E-state index >= 15 is 0 Å². The van der Waals surface area contributed by atoms with Crippen LogP contribution in [0.15, 0.2) is 18.3 Å². The Hall–Kier alpha value is -1.30. The molecule has 0 aliphatic carbocycles. The first-order chi connectivity index (χ1) is 8.98. The number of pyridine rings is 1. The van der Waals surface area contributed by atoms with E-state index in [1.54, 1.807) is 11.9 Å². The summed E-state index contributed by atoms with van der Waals surface area (Å²) in [6.07, 6.45) is -0.832. The number of rotatable bonds is 3. The lowest BCUT2D eigenvalue weighted by Gasteiger charge is -2.29. The standard InChI is InChI=1S/C13H18F3N3/c1-19(9-10-4-2-6-17-8-10)12-11(13(14,15)16)5-3-7-18-12/h3,5,7,10,17H,2,4,6,8-9H2,1H3. The van der Waals surface area contributed by atoms with Crippen molar-refractivity contribution in [2.75, 3.05) is 31.6 Å². The first-order valence-electron chi connectivity index (χ1n) is 6.42. The molecule has 0 amide bonds. The first kappa shape index (κ1) is 14.1. The average molecular weight is 273 g/mol. The van der Waals surface area contributed by atoms with Crippen LogP contribution in [0.1, 0.15) is 18.4 Å². The second-order valence-corrected chi connectivity index (χ2v) is 4.97. The van der Waals surface area contributed by atoms with Crippen LogP contribution in [0.5, 0.6) is 0 Å². The number of alkyl halides is 3. The maximum atomic E-state index is 12.9. The highest BCUT2D eigenvalue weighted by Gasteiger charge is 2.35. The molecule has 1 unspecified atom stereocenters. The Balaban J connectivity index is 2.12. The molecule has 0 radical (unpaired) electrons. The van der Waals surface area contributed by atoms with Gasteiger partial charge >= 0.3 is 6.18 Å². The van der Waals surface area contributed by atoms with Crippen molar-refractivity contribution in [3.8, 4) is 0 Å². The van der Waals surface area contributed by atoms with Gasteiger partial charge in [0.05, 0.1) is 5.56 Å². The SMILES string of the molecule is CN(CC1CCCNC1)c1ncccc1C(F)(F)F. The molecule has 0 saturated carbocycles. The number of anilines is 1. The molecule has 3 nitrogen and oxygen atoms in total. The highest BCUT2D eigenvalue weighted by molar-refractivity contribution is 5.47. The summed E-state index contributed by atoms with van der Waals surface area (Å²) in [7, 11) is 1.67. The molecular weight excluding hydrogens is 255 g/mol. The van der Waals surface area contributed by atoms with E-state index in [0.717, 1.165) is 32.0 Å². The molecule has 1 saturated heterocycles. The van der Waals surface area contributed by atoms with E-state index in [9.17, 15) is 13.2 Å². The third-order valence-electron chi connectivity index (χ3n) is 3.38. The van der Waals surface area contributed by atoms with Gasteiger partial charge in [-0.25, -0.2) is 4.98 Å². The second kappa shape index (κ2) is 5.77. The minimum absolute atomic E-state index is 0.0144. The Morgan fingerprint density at radius 3 is 2.89 bits per heavy atom. The zero-order chi connectivity index (χ0) is 13.9. The molecule has 106 valence electrons. The first-order valence-corrected chi connectivity index (χ1v) is 6.42. The minimum atomic E-state index is -4.36. The van der Waals surface area contributed by atoms with Gasteiger partial charge in [0.2, 0.25) is 0 Å². The number of halogens is 3. The van der Waals surface area contributed by atoms with Crippen molar-refractivity contribution < 1.29 is 13.2 Å². The number of hydrogen-bond donors (Lipinski definition) is 1. The largest absolute Gasteiger partial charge is 0.419 e. The Morgan fingerprint density at radius 2 is 2.26 bits per heavy atom. The zero-order valence-electron chi connectivity index (χ0n) is 10.9. The summed E-state index contributed by atoms with van der Waals surface area (Å²) in [6, 6.07) is 2.40. The highest BCUT2D eigenvalue weighted by Crippen LogP contribution is 2.35.